The van der Waals surface area contributed by atoms with Crippen LogP contribution < -0.4 is 0 Å². The Balaban J connectivity index is 3.35. The molecule has 5 nitrogen and oxygen atoms in total. The molecule has 13 heavy (non-hydrogen) atoms. The van der Waals surface area contributed by atoms with Gasteiger partial charge in [0, 0.05) is 6.07 Å². The minimum absolute atomic E-state index is 0.171. The fraction of sp³-hybridized carbons (Fsp3) is 0.143. The van der Waals surface area contributed by atoms with E-state index in [9.17, 15) is 14.3 Å². The van der Waals surface area contributed by atoms with Crippen LogP contribution in [0.2, 0.25) is 0 Å². The molecule has 1 N–H and O–H groups in total. The van der Waals surface area contributed by atoms with Gasteiger partial charge in [0.1, 0.15) is 4.90 Å². The molecule has 0 aliphatic carbocycles. The van der Waals surface area contributed by atoms with Gasteiger partial charge in [0.15, 0.2) is 11.1 Å². The molecule has 0 amide bonds. The molecule has 1 aromatic carbocycles. The van der Waals surface area contributed by atoms with Crippen LogP contribution in [-0.2, 0) is 11.1 Å². The molecule has 0 radical (unpaired) electrons. The third kappa shape index (κ3) is 2.10. The zero-order valence-electron chi connectivity index (χ0n) is 6.76. The highest BCUT2D eigenvalue weighted by Gasteiger charge is 2.17. The van der Waals surface area contributed by atoms with E-state index in [1.54, 1.807) is 13.0 Å². The summed E-state index contributed by atoms with van der Waals surface area (Å²) < 4.78 is 19.4. The highest BCUT2D eigenvalue weighted by Crippen LogP contribution is 2.22. The summed E-state index contributed by atoms with van der Waals surface area (Å²) in [6.45, 7) is 1.68. The van der Waals surface area contributed by atoms with E-state index >= 15 is 0 Å². The van der Waals surface area contributed by atoms with Crippen LogP contribution in [0, 0.1) is 17.0 Å². The monoisotopic (exact) mass is 201 g/mol. The summed E-state index contributed by atoms with van der Waals surface area (Å²) in [7, 11) is 0. The maximum atomic E-state index is 10.6. The minimum atomic E-state index is -2.31. The van der Waals surface area contributed by atoms with E-state index in [0.717, 1.165) is 0 Å². The molecule has 1 rings (SSSR count). The summed E-state index contributed by atoms with van der Waals surface area (Å²) in [6.07, 6.45) is 0. The van der Waals surface area contributed by atoms with Crippen LogP contribution in [0.1, 0.15) is 5.56 Å². The summed E-state index contributed by atoms with van der Waals surface area (Å²) in [4.78, 5) is 9.60. The molecule has 1 unspecified atom stereocenters. The molecule has 70 valence electrons. The van der Waals surface area contributed by atoms with Crippen molar-refractivity contribution >= 4 is 16.8 Å². The van der Waals surface area contributed by atoms with E-state index < -0.39 is 16.0 Å². The fourth-order valence-electron chi connectivity index (χ4n) is 0.918. The van der Waals surface area contributed by atoms with Gasteiger partial charge in [-0.1, -0.05) is 6.07 Å². The average Bonchev–Trinajstić information content (AvgIpc) is 2.03. The van der Waals surface area contributed by atoms with Crippen molar-refractivity contribution in [1.82, 2.24) is 0 Å². The molecule has 0 saturated carbocycles. The number of benzene rings is 1. The number of nitrogens with zero attached hydrogens (tertiary/aromatic N) is 1. The molecule has 6 heteroatoms. The lowest BCUT2D eigenvalue weighted by atomic mass is 10.2. The smallest absolute Gasteiger partial charge is 0.288 e. The standard InChI is InChI=1S/C7H7NO4S/c1-5-2-3-7(13(11)12)6(4-5)8(9)10/h2-4H,1H3,(H,11,12). The lowest BCUT2D eigenvalue weighted by molar-refractivity contribution is -0.387. The first-order chi connectivity index (χ1) is 6.02. The van der Waals surface area contributed by atoms with Gasteiger partial charge in [0.2, 0.25) is 0 Å². The molecule has 0 heterocycles. The second-order valence-corrected chi connectivity index (χ2v) is 3.42. The van der Waals surface area contributed by atoms with E-state index in [1.165, 1.54) is 12.1 Å². The molecule has 0 aliphatic heterocycles. The highest BCUT2D eigenvalue weighted by molar-refractivity contribution is 7.79. The van der Waals surface area contributed by atoms with E-state index in [4.69, 9.17) is 4.55 Å². The maximum Gasteiger partial charge on any atom is 0.288 e. The largest absolute Gasteiger partial charge is 0.302 e. The average molecular weight is 201 g/mol. The van der Waals surface area contributed by atoms with Gasteiger partial charge in [0.05, 0.1) is 4.92 Å². The summed E-state index contributed by atoms with van der Waals surface area (Å²) in [6, 6.07) is 4.10. The Kier molecular flexibility index (Phi) is 2.74. The lowest BCUT2D eigenvalue weighted by Gasteiger charge is -1.98. The van der Waals surface area contributed by atoms with E-state index in [0.29, 0.717) is 5.56 Å². The Labute approximate surface area is 76.8 Å². The van der Waals surface area contributed by atoms with Gasteiger partial charge in [-0.2, -0.15) is 0 Å². The number of nitro benzene ring substituents is 1. The van der Waals surface area contributed by atoms with Crippen LogP contribution >= 0.6 is 0 Å². The third-order valence-corrected chi connectivity index (χ3v) is 2.22. The Bertz CT molecular complexity index is 377. The molecule has 0 aliphatic rings. The van der Waals surface area contributed by atoms with Gasteiger partial charge in [0.25, 0.3) is 5.69 Å². The van der Waals surface area contributed by atoms with Crippen molar-refractivity contribution in [1.29, 1.82) is 0 Å². The van der Waals surface area contributed by atoms with Crippen molar-refractivity contribution < 1.29 is 13.7 Å². The van der Waals surface area contributed by atoms with Gasteiger partial charge >= 0.3 is 0 Å². The first-order valence-electron chi connectivity index (χ1n) is 3.38. The first kappa shape index (κ1) is 9.82. The summed E-state index contributed by atoms with van der Waals surface area (Å²) in [5.74, 6) is 0. The fourth-order valence-corrected chi connectivity index (χ4v) is 1.41. The summed E-state index contributed by atoms with van der Waals surface area (Å²) in [5.41, 5.74) is 0.363. The van der Waals surface area contributed by atoms with Crippen LogP contribution in [0.15, 0.2) is 23.1 Å². The van der Waals surface area contributed by atoms with Gasteiger partial charge < -0.3 is 4.55 Å². The lowest BCUT2D eigenvalue weighted by Crippen LogP contribution is -1.97. The molecule has 0 aromatic heterocycles. The SMILES string of the molecule is Cc1ccc(S(=O)O)c([N+](=O)[O-])c1. The molecule has 1 atom stereocenters. The van der Waals surface area contributed by atoms with Gasteiger partial charge in [-0.05, 0) is 18.6 Å². The Hall–Kier alpha value is -1.27. The van der Waals surface area contributed by atoms with Crippen molar-refractivity contribution in [3.8, 4) is 0 Å². The normalized spacial score (nSPS) is 12.5. The van der Waals surface area contributed by atoms with Gasteiger partial charge in [-0.15, -0.1) is 0 Å². The number of aryl methyl sites for hydroxylation is 1. The number of hydrogen-bond acceptors (Lipinski definition) is 3. The van der Waals surface area contributed by atoms with Crippen LogP contribution in [0.5, 0.6) is 0 Å². The topological polar surface area (TPSA) is 80.4 Å². The Morgan fingerprint density at radius 3 is 2.62 bits per heavy atom. The van der Waals surface area contributed by atoms with Crippen LogP contribution in [-0.4, -0.2) is 13.7 Å². The van der Waals surface area contributed by atoms with Crippen LogP contribution in [0.3, 0.4) is 0 Å². The second kappa shape index (κ2) is 3.63. The van der Waals surface area contributed by atoms with Crippen LogP contribution in [0.4, 0.5) is 5.69 Å². The molecular formula is C7H7NO4S. The van der Waals surface area contributed by atoms with Crippen LogP contribution in [0.25, 0.3) is 0 Å². The van der Waals surface area contributed by atoms with Gasteiger partial charge in [-0.25, -0.2) is 4.21 Å². The first-order valence-corrected chi connectivity index (χ1v) is 4.49. The van der Waals surface area contributed by atoms with Crippen molar-refractivity contribution in [3.63, 3.8) is 0 Å². The Morgan fingerprint density at radius 2 is 2.15 bits per heavy atom. The second-order valence-electron chi connectivity index (χ2n) is 2.48. The van der Waals surface area contributed by atoms with Gasteiger partial charge in [-0.3, -0.25) is 10.1 Å². The number of nitro groups is 1. The van der Waals surface area contributed by atoms with E-state index in [2.05, 4.69) is 0 Å². The molecular weight excluding hydrogens is 194 g/mol. The zero-order valence-corrected chi connectivity index (χ0v) is 7.58. The highest BCUT2D eigenvalue weighted by atomic mass is 32.2. The third-order valence-electron chi connectivity index (χ3n) is 1.50. The summed E-state index contributed by atoms with van der Waals surface area (Å²) in [5, 5.41) is 10.4. The van der Waals surface area contributed by atoms with E-state index in [-0.39, 0.29) is 10.6 Å². The van der Waals surface area contributed by atoms with Crippen molar-refractivity contribution in [2.45, 2.75) is 11.8 Å². The predicted octanol–water partition coefficient (Wildman–Crippen LogP) is 1.48. The maximum absolute atomic E-state index is 10.6. The molecule has 0 bridgehead atoms. The van der Waals surface area contributed by atoms with Crippen molar-refractivity contribution in [2.75, 3.05) is 0 Å². The van der Waals surface area contributed by atoms with Crippen molar-refractivity contribution in [2.24, 2.45) is 0 Å². The predicted molar refractivity (Wildman–Crippen MR) is 46.9 cm³/mol. The Morgan fingerprint density at radius 1 is 1.54 bits per heavy atom. The molecule has 1 aromatic rings. The molecule has 0 fully saturated rings. The zero-order chi connectivity index (χ0) is 10.0. The van der Waals surface area contributed by atoms with Crippen molar-refractivity contribution in [3.05, 3.63) is 33.9 Å². The van der Waals surface area contributed by atoms with E-state index in [1.807, 2.05) is 0 Å². The molecule has 0 saturated heterocycles. The number of rotatable bonds is 2. The number of hydrogen-bond donors (Lipinski definition) is 1. The minimum Gasteiger partial charge on any atom is -0.302 e. The quantitative estimate of drug-likeness (QED) is 0.446. The summed E-state index contributed by atoms with van der Waals surface area (Å²) >= 11 is -2.31. The molecule has 0 spiro atoms.